The Balaban J connectivity index is 0.000000605. The molecular weight excluding hydrogens is 166 g/mol. The van der Waals surface area contributed by atoms with Crippen molar-refractivity contribution in [3.8, 4) is 0 Å². The van der Waals surface area contributed by atoms with Crippen LogP contribution in [0.25, 0.3) is 0 Å². The summed E-state index contributed by atoms with van der Waals surface area (Å²) in [6.45, 7) is 0.981. The molecule has 0 aromatic rings. The number of nitrogens with one attached hydrogen (secondary N) is 2. The monoisotopic (exact) mass is 177 g/mol. The predicted octanol–water partition coefficient (Wildman–Crippen LogP) is -1.40. The molecule has 0 radical (unpaired) electrons. The van der Waals surface area contributed by atoms with Crippen molar-refractivity contribution in [3.05, 3.63) is 0 Å². The summed E-state index contributed by atoms with van der Waals surface area (Å²) < 4.78 is 0. The molecule has 64 valence electrons. The third kappa shape index (κ3) is 1.34. The maximum absolute atomic E-state index is 10.7. The van der Waals surface area contributed by atoms with Gasteiger partial charge in [-0.1, -0.05) is 0 Å². The van der Waals surface area contributed by atoms with E-state index < -0.39 is 0 Å². The van der Waals surface area contributed by atoms with Crippen LogP contribution < -0.4 is 16.4 Å². The number of rotatable bonds is 1. The van der Waals surface area contributed by atoms with Gasteiger partial charge in [0.25, 0.3) is 0 Å². The van der Waals surface area contributed by atoms with Crippen LogP contribution in [0.5, 0.6) is 0 Å². The first-order valence-electron chi connectivity index (χ1n) is 3.56. The molecule has 5 heteroatoms. The quantitative estimate of drug-likeness (QED) is 0.462. The fourth-order valence-electron chi connectivity index (χ4n) is 1.80. The van der Waals surface area contributed by atoms with Gasteiger partial charge in [-0.3, -0.25) is 4.79 Å². The number of fused-ring (bicyclic) bond motifs is 2. The zero-order valence-electron chi connectivity index (χ0n) is 6.04. The fourth-order valence-corrected chi connectivity index (χ4v) is 1.80. The lowest BCUT2D eigenvalue weighted by Crippen LogP contribution is -2.54. The average molecular weight is 178 g/mol. The second kappa shape index (κ2) is 2.97. The lowest BCUT2D eigenvalue weighted by atomic mass is 10.1. The number of primary amides is 1. The molecule has 11 heavy (non-hydrogen) atoms. The zero-order valence-corrected chi connectivity index (χ0v) is 6.86. The maximum Gasteiger partial charge on any atom is 0.236 e. The van der Waals surface area contributed by atoms with Gasteiger partial charge in [0.1, 0.15) is 6.04 Å². The van der Waals surface area contributed by atoms with Crippen LogP contribution in [0.1, 0.15) is 6.42 Å². The van der Waals surface area contributed by atoms with Crippen LogP contribution in [-0.4, -0.2) is 30.6 Å². The highest BCUT2D eigenvalue weighted by molar-refractivity contribution is 5.85. The number of piperazine rings is 1. The third-order valence-corrected chi connectivity index (χ3v) is 2.29. The second-order valence-electron chi connectivity index (χ2n) is 2.99. The molecule has 2 heterocycles. The summed E-state index contributed by atoms with van der Waals surface area (Å²) >= 11 is 0. The van der Waals surface area contributed by atoms with Crippen molar-refractivity contribution < 1.29 is 4.79 Å². The van der Waals surface area contributed by atoms with Crippen molar-refractivity contribution in [2.75, 3.05) is 6.54 Å². The SMILES string of the molecule is Cl.NC(=O)C1N[C@@H]2CN[C@H]1C2. The highest BCUT2D eigenvalue weighted by Crippen LogP contribution is 2.18. The lowest BCUT2D eigenvalue weighted by Gasteiger charge is -2.20. The molecule has 2 saturated heterocycles. The van der Waals surface area contributed by atoms with Crippen LogP contribution in [-0.2, 0) is 4.79 Å². The van der Waals surface area contributed by atoms with Crippen LogP contribution in [0.4, 0.5) is 0 Å². The molecule has 4 nitrogen and oxygen atoms in total. The van der Waals surface area contributed by atoms with E-state index in [0.717, 1.165) is 13.0 Å². The van der Waals surface area contributed by atoms with Crippen molar-refractivity contribution in [1.29, 1.82) is 0 Å². The smallest absolute Gasteiger partial charge is 0.236 e. The third-order valence-electron chi connectivity index (χ3n) is 2.29. The van der Waals surface area contributed by atoms with Crippen LogP contribution in [0, 0.1) is 0 Å². The van der Waals surface area contributed by atoms with Gasteiger partial charge in [0.2, 0.25) is 5.91 Å². The molecule has 1 unspecified atom stereocenters. The number of carbonyl (C=O) groups is 1. The Kier molecular flexibility index (Phi) is 2.37. The number of nitrogens with two attached hydrogens (primary N) is 1. The first kappa shape index (κ1) is 8.77. The van der Waals surface area contributed by atoms with E-state index in [1.807, 2.05) is 0 Å². The molecule has 0 aromatic carbocycles. The Morgan fingerprint density at radius 3 is 2.55 bits per heavy atom. The van der Waals surface area contributed by atoms with Crippen molar-refractivity contribution in [3.63, 3.8) is 0 Å². The molecule has 2 aliphatic rings. The molecule has 2 rings (SSSR count). The maximum atomic E-state index is 10.7. The van der Waals surface area contributed by atoms with Crippen molar-refractivity contribution in [1.82, 2.24) is 10.6 Å². The van der Waals surface area contributed by atoms with E-state index in [-0.39, 0.29) is 24.4 Å². The predicted molar refractivity (Wildman–Crippen MR) is 43.6 cm³/mol. The van der Waals surface area contributed by atoms with Crippen LogP contribution in [0.2, 0.25) is 0 Å². The number of amides is 1. The first-order valence-corrected chi connectivity index (χ1v) is 3.56. The molecule has 0 spiro atoms. The van der Waals surface area contributed by atoms with Crippen molar-refractivity contribution >= 4 is 18.3 Å². The van der Waals surface area contributed by atoms with E-state index in [4.69, 9.17) is 5.73 Å². The molecular formula is C6H12ClN3O. The van der Waals surface area contributed by atoms with E-state index in [0.29, 0.717) is 12.1 Å². The van der Waals surface area contributed by atoms with Gasteiger partial charge in [-0.05, 0) is 6.42 Å². The Hall–Kier alpha value is -0.320. The molecule has 1 amide bonds. The molecule has 3 atom stereocenters. The Bertz CT molecular complexity index is 175. The fraction of sp³-hybridized carbons (Fsp3) is 0.833. The summed E-state index contributed by atoms with van der Waals surface area (Å²) in [7, 11) is 0. The van der Waals surface area contributed by atoms with Crippen LogP contribution in [0.15, 0.2) is 0 Å². The molecule has 0 aliphatic carbocycles. The van der Waals surface area contributed by atoms with E-state index in [1.54, 1.807) is 0 Å². The molecule has 2 aliphatic heterocycles. The number of hydrogen-bond donors (Lipinski definition) is 3. The summed E-state index contributed by atoms with van der Waals surface area (Å²) in [6, 6.07) is 0.642. The summed E-state index contributed by atoms with van der Waals surface area (Å²) in [5, 5.41) is 6.38. The summed E-state index contributed by atoms with van der Waals surface area (Å²) in [5.74, 6) is -0.236. The highest BCUT2D eigenvalue weighted by Gasteiger charge is 2.41. The van der Waals surface area contributed by atoms with Crippen molar-refractivity contribution in [2.45, 2.75) is 24.5 Å². The van der Waals surface area contributed by atoms with E-state index in [9.17, 15) is 4.79 Å². The van der Waals surface area contributed by atoms with E-state index >= 15 is 0 Å². The minimum Gasteiger partial charge on any atom is -0.368 e. The zero-order chi connectivity index (χ0) is 7.14. The van der Waals surface area contributed by atoms with Crippen LogP contribution >= 0.6 is 12.4 Å². The van der Waals surface area contributed by atoms with Crippen molar-refractivity contribution in [2.24, 2.45) is 5.73 Å². The van der Waals surface area contributed by atoms with Gasteiger partial charge in [0.15, 0.2) is 0 Å². The average Bonchev–Trinajstić information content (AvgIpc) is 2.44. The van der Waals surface area contributed by atoms with Gasteiger partial charge in [-0.25, -0.2) is 0 Å². The topological polar surface area (TPSA) is 67.2 Å². The van der Waals surface area contributed by atoms with E-state index in [2.05, 4.69) is 10.6 Å². The minimum absolute atomic E-state index is 0. The number of halogens is 1. The Morgan fingerprint density at radius 2 is 2.27 bits per heavy atom. The van der Waals surface area contributed by atoms with Gasteiger partial charge < -0.3 is 16.4 Å². The van der Waals surface area contributed by atoms with Gasteiger partial charge >= 0.3 is 0 Å². The Morgan fingerprint density at radius 1 is 1.55 bits per heavy atom. The number of carbonyl (C=O) groups excluding carboxylic acids is 1. The number of hydrogen-bond acceptors (Lipinski definition) is 3. The van der Waals surface area contributed by atoms with Gasteiger partial charge in [-0.2, -0.15) is 0 Å². The Labute approximate surface area is 71.3 Å². The summed E-state index contributed by atoms with van der Waals surface area (Å²) in [4.78, 5) is 10.7. The molecule has 0 saturated carbocycles. The molecule has 4 N–H and O–H groups in total. The van der Waals surface area contributed by atoms with Gasteiger partial charge in [-0.15, -0.1) is 12.4 Å². The van der Waals surface area contributed by atoms with Crippen LogP contribution in [0.3, 0.4) is 0 Å². The minimum atomic E-state index is -0.236. The van der Waals surface area contributed by atoms with Gasteiger partial charge in [0, 0.05) is 18.6 Å². The van der Waals surface area contributed by atoms with Gasteiger partial charge in [0.05, 0.1) is 0 Å². The summed E-state index contributed by atoms with van der Waals surface area (Å²) in [5.41, 5.74) is 5.14. The second-order valence-corrected chi connectivity index (χ2v) is 2.99. The highest BCUT2D eigenvalue weighted by atomic mass is 35.5. The normalized spacial score (nSPS) is 40.2. The lowest BCUT2D eigenvalue weighted by molar-refractivity contribution is -0.120. The molecule has 2 fully saturated rings. The largest absolute Gasteiger partial charge is 0.368 e. The van der Waals surface area contributed by atoms with E-state index in [1.165, 1.54) is 0 Å². The standard InChI is InChI=1S/C6H11N3O.ClH/c7-6(10)5-4-1-3(9-5)2-8-4;/h3-5,8-9H,1-2H2,(H2,7,10);1H/t3-,4-,5?;/m0./s1. The molecule has 2 bridgehead atoms. The molecule has 0 aromatic heterocycles. The first-order chi connectivity index (χ1) is 4.77. The summed E-state index contributed by atoms with van der Waals surface area (Å²) in [6.07, 6.45) is 1.05.